The number of hydrogen-bond acceptors (Lipinski definition) is 4. The zero-order chi connectivity index (χ0) is 8.97. The Labute approximate surface area is 82.5 Å². The molecule has 1 unspecified atom stereocenters. The van der Waals surface area contributed by atoms with Gasteiger partial charge in [-0.2, -0.15) is 0 Å². The van der Waals surface area contributed by atoms with Gasteiger partial charge in [0.15, 0.2) is 0 Å². The lowest BCUT2D eigenvalue weighted by Crippen LogP contribution is -2.22. The van der Waals surface area contributed by atoms with Gasteiger partial charge in [0.05, 0.1) is 7.11 Å². The van der Waals surface area contributed by atoms with Crippen molar-refractivity contribution in [2.45, 2.75) is 6.04 Å². The molecule has 13 heavy (non-hydrogen) atoms. The first-order valence-electron chi connectivity index (χ1n) is 3.49. The van der Waals surface area contributed by atoms with Gasteiger partial charge in [-0.3, -0.25) is 9.78 Å². The summed E-state index contributed by atoms with van der Waals surface area (Å²) in [6.07, 6.45) is 3.16. The van der Waals surface area contributed by atoms with Crippen LogP contribution in [0.5, 0.6) is 0 Å². The molecule has 1 heterocycles. The predicted octanol–water partition coefficient (Wildman–Crippen LogP) is 0.676. The molecule has 1 rings (SSSR count). The standard InChI is InChI=1S/C8H10N2O2.ClH/c1-12-8(11)7(9)6-2-4-10-5-3-6;/h2-5,7H,9H2,1H3;1H. The number of methoxy groups -OCH3 is 1. The maximum Gasteiger partial charge on any atom is 0.327 e. The van der Waals surface area contributed by atoms with Gasteiger partial charge in [-0.05, 0) is 17.7 Å². The number of hydrogen-bond donors (Lipinski definition) is 1. The Morgan fingerprint density at radius 3 is 2.54 bits per heavy atom. The summed E-state index contributed by atoms with van der Waals surface area (Å²) in [5.41, 5.74) is 6.25. The second-order valence-electron chi connectivity index (χ2n) is 2.28. The highest BCUT2D eigenvalue weighted by molar-refractivity contribution is 5.85. The minimum atomic E-state index is -0.710. The number of carbonyl (C=O) groups excluding carboxylic acids is 1. The van der Waals surface area contributed by atoms with Gasteiger partial charge >= 0.3 is 5.97 Å². The molecule has 1 aromatic heterocycles. The van der Waals surface area contributed by atoms with Gasteiger partial charge < -0.3 is 10.5 Å². The summed E-state index contributed by atoms with van der Waals surface area (Å²) in [6.45, 7) is 0. The Hall–Kier alpha value is -1.13. The van der Waals surface area contributed by atoms with Crippen molar-refractivity contribution < 1.29 is 9.53 Å². The topological polar surface area (TPSA) is 65.2 Å². The Morgan fingerprint density at radius 2 is 2.08 bits per heavy atom. The van der Waals surface area contributed by atoms with E-state index in [-0.39, 0.29) is 12.4 Å². The molecular weight excluding hydrogens is 192 g/mol. The van der Waals surface area contributed by atoms with E-state index in [1.165, 1.54) is 7.11 Å². The van der Waals surface area contributed by atoms with E-state index in [2.05, 4.69) is 9.72 Å². The first-order chi connectivity index (χ1) is 5.75. The van der Waals surface area contributed by atoms with Crippen LogP contribution in [-0.2, 0) is 9.53 Å². The van der Waals surface area contributed by atoms with Crippen LogP contribution in [-0.4, -0.2) is 18.1 Å². The van der Waals surface area contributed by atoms with Crippen LogP contribution in [0.3, 0.4) is 0 Å². The van der Waals surface area contributed by atoms with Crippen molar-refractivity contribution in [1.82, 2.24) is 4.98 Å². The zero-order valence-electron chi connectivity index (χ0n) is 7.14. The fourth-order valence-corrected chi connectivity index (χ4v) is 0.834. The van der Waals surface area contributed by atoms with Crippen molar-refractivity contribution in [3.63, 3.8) is 0 Å². The molecule has 0 radical (unpaired) electrons. The van der Waals surface area contributed by atoms with Crippen LogP contribution < -0.4 is 5.73 Å². The molecule has 0 fully saturated rings. The fourth-order valence-electron chi connectivity index (χ4n) is 0.834. The summed E-state index contributed by atoms with van der Waals surface area (Å²) >= 11 is 0. The van der Waals surface area contributed by atoms with Gasteiger partial charge in [0.2, 0.25) is 0 Å². The van der Waals surface area contributed by atoms with E-state index in [4.69, 9.17) is 5.73 Å². The third-order valence-corrected chi connectivity index (χ3v) is 1.52. The maximum atomic E-state index is 10.9. The number of nitrogens with two attached hydrogens (primary N) is 1. The molecule has 72 valence electrons. The molecular formula is C8H11ClN2O2. The normalized spacial score (nSPS) is 11.2. The average Bonchev–Trinajstić information content (AvgIpc) is 2.17. The third kappa shape index (κ3) is 3.01. The average molecular weight is 203 g/mol. The monoisotopic (exact) mass is 202 g/mol. The number of ether oxygens (including phenoxy) is 1. The molecule has 4 nitrogen and oxygen atoms in total. The number of halogens is 1. The van der Waals surface area contributed by atoms with Gasteiger partial charge in [-0.15, -0.1) is 12.4 Å². The van der Waals surface area contributed by atoms with Crippen LogP contribution in [0, 0.1) is 0 Å². The van der Waals surface area contributed by atoms with Crippen LogP contribution in [0.25, 0.3) is 0 Å². The first kappa shape index (κ1) is 11.9. The molecule has 0 aliphatic carbocycles. The van der Waals surface area contributed by atoms with Crippen molar-refractivity contribution in [3.8, 4) is 0 Å². The summed E-state index contributed by atoms with van der Waals surface area (Å²) in [5.74, 6) is -0.443. The minimum Gasteiger partial charge on any atom is -0.468 e. The van der Waals surface area contributed by atoms with Crippen molar-refractivity contribution >= 4 is 18.4 Å². The number of carbonyl (C=O) groups is 1. The van der Waals surface area contributed by atoms with Crippen LogP contribution in [0.4, 0.5) is 0 Å². The van der Waals surface area contributed by atoms with E-state index in [1.807, 2.05) is 0 Å². The summed E-state index contributed by atoms with van der Waals surface area (Å²) in [7, 11) is 1.31. The fraction of sp³-hybridized carbons (Fsp3) is 0.250. The number of aromatic nitrogens is 1. The van der Waals surface area contributed by atoms with E-state index in [1.54, 1.807) is 24.5 Å². The van der Waals surface area contributed by atoms with E-state index in [9.17, 15) is 4.79 Å². The smallest absolute Gasteiger partial charge is 0.327 e. The Bertz CT molecular complexity index is 266. The summed E-state index contributed by atoms with van der Waals surface area (Å²) in [6, 6.07) is 2.65. The van der Waals surface area contributed by atoms with Crippen LogP contribution in [0.2, 0.25) is 0 Å². The van der Waals surface area contributed by atoms with E-state index in [0.717, 1.165) is 0 Å². The Kier molecular flexibility index (Phi) is 5.03. The number of pyridine rings is 1. The highest BCUT2D eigenvalue weighted by Gasteiger charge is 2.14. The molecule has 1 atom stereocenters. The van der Waals surface area contributed by atoms with Gasteiger partial charge in [0, 0.05) is 12.4 Å². The Balaban J connectivity index is 0.00000144. The zero-order valence-corrected chi connectivity index (χ0v) is 7.95. The number of nitrogens with zero attached hydrogens (tertiary/aromatic N) is 1. The van der Waals surface area contributed by atoms with Gasteiger partial charge in [-0.1, -0.05) is 0 Å². The number of rotatable bonds is 2. The van der Waals surface area contributed by atoms with Crippen molar-refractivity contribution in [2.75, 3.05) is 7.11 Å². The van der Waals surface area contributed by atoms with Crippen molar-refractivity contribution in [3.05, 3.63) is 30.1 Å². The lowest BCUT2D eigenvalue weighted by atomic mass is 10.1. The second-order valence-corrected chi connectivity index (χ2v) is 2.28. The molecule has 0 aromatic carbocycles. The van der Waals surface area contributed by atoms with Crippen molar-refractivity contribution in [2.24, 2.45) is 5.73 Å². The van der Waals surface area contributed by atoms with Gasteiger partial charge in [0.1, 0.15) is 6.04 Å². The van der Waals surface area contributed by atoms with Crippen LogP contribution in [0.1, 0.15) is 11.6 Å². The SMILES string of the molecule is COC(=O)C(N)c1ccncc1.Cl. The van der Waals surface area contributed by atoms with Crippen LogP contribution in [0.15, 0.2) is 24.5 Å². The maximum absolute atomic E-state index is 10.9. The molecule has 0 saturated heterocycles. The van der Waals surface area contributed by atoms with Gasteiger partial charge in [0.25, 0.3) is 0 Å². The highest BCUT2D eigenvalue weighted by Crippen LogP contribution is 2.08. The summed E-state index contributed by atoms with van der Waals surface area (Å²) < 4.78 is 4.48. The lowest BCUT2D eigenvalue weighted by molar-refractivity contribution is -0.142. The molecule has 0 aliphatic heterocycles. The number of esters is 1. The molecule has 0 amide bonds. The quantitative estimate of drug-likeness (QED) is 0.717. The Morgan fingerprint density at radius 1 is 1.54 bits per heavy atom. The molecule has 0 aliphatic rings. The lowest BCUT2D eigenvalue weighted by Gasteiger charge is -2.07. The first-order valence-corrected chi connectivity index (χ1v) is 3.49. The van der Waals surface area contributed by atoms with E-state index >= 15 is 0 Å². The minimum absolute atomic E-state index is 0. The summed E-state index contributed by atoms with van der Waals surface area (Å²) in [4.78, 5) is 14.7. The highest BCUT2D eigenvalue weighted by atomic mass is 35.5. The van der Waals surface area contributed by atoms with Crippen molar-refractivity contribution in [1.29, 1.82) is 0 Å². The van der Waals surface area contributed by atoms with Gasteiger partial charge in [-0.25, -0.2) is 0 Å². The molecule has 2 N–H and O–H groups in total. The second kappa shape index (κ2) is 5.50. The van der Waals surface area contributed by atoms with E-state index < -0.39 is 12.0 Å². The van der Waals surface area contributed by atoms with E-state index in [0.29, 0.717) is 5.56 Å². The molecule has 5 heteroatoms. The molecule has 1 aromatic rings. The molecule has 0 spiro atoms. The van der Waals surface area contributed by atoms with Crippen LogP contribution >= 0.6 is 12.4 Å². The largest absolute Gasteiger partial charge is 0.468 e. The molecule has 0 bridgehead atoms. The summed E-state index contributed by atoms with van der Waals surface area (Å²) in [5, 5.41) is 0. The molecule has 0 saturated carbocycles. The third-order valence-electron chi connectivity index (χ3n) is 1.52. The predicted molar refractivity (Wildman–Crippen MR) is 50.4 cm³/mol.